The van der Waals surface area contributed by atoms with Gasteiger partial charge >= 0.3 is 0 Å². The highest BCUT2D eigenvalue weighted by molar-refractivity contribution is 5.81. The zero-order chi connectivity index (χ0) is 16.6. The van der Waals surface area contributed by atoms with Gasteiger partial charge in [0.2, 0.25) is 5.91 Å². The number of aryl methyl sites for hydroxylation is 3. The first-order valence-electron chi connectivity index (χ1n) is 8.02. The number of pyridine rings is 1. The maximum absolute atomic E-state index is 12.1. The molecule has 0 aliphatic carbocycles. The van der Waals surface area contributed by atoms with Crippen molar-refractivity contribution in [3.63, 3.8) is 0 Å². The maximum Gasteiger partial charge on any atom is 0.273 e. The lowest BCUT2D eigenvalue weighted by molar-refractivity contribution is -0.121. The van der Waals surface area contributed by atoms with Crippen molar-refractivity contribution in [2.45, 2.75) is 39.2 Å². The van der Waals surface area contributed by atoms with Crippen LogP contribution in [-0.4, -0.2) is 39.8 Å². The number of fused-ring (bicyclic) bond motifs is 1. The lowest BCUT2D eigenvalue weighted by Crippen LogP contribution is -2.36. The van der Waals surface area contributed by atoms with Crippen molar-refractivity contribution >= 4 is 16.9 Å². The van der Waals surface area contributed by atoms with E-state index in [0.29, 0.717) is 23.9 Å². The van der Waals surface area contributed by atoms with Gasteiger partial charge < -0.3 is 10.6 Å². The Kier molecular flexibility index (Phi) is 4.21. The van der Waals surface area contributed by atoms with Crippen LogP contribution < -0.4 is 16.2 Å². The Bertz CT molecular complexity index is 799. The Morgan fingerprint density at radius 3 is 2.91 bits per heavy atom. The minimum absolute atomic E-state index is 0.0552. The lowest BCUT2D eigenvalue weighted by Gasteiger charge is -2.13. The second kappa shape index (κ2) is 6.16. The van der Waals surface area contributed by atoms with E-state index in [4.69, 9.17) is 0 Å². The molecule has 1 amide bonds. The summed E-state index contributed by atoms with van der Waals surface area (Å²) in [6.45, 7) is 5.66. The Labute approximate surface area is 134 Å². The van der Waals surface area contributed by atoms with Crippen molar-refractivity contribution in [1.82, 2.24) is 25.4 Å². The van der Waals surface area contributed by atoms with Crippen molar-refractivity contribution in [2.24, 2.45) is 7.05 Å². The predicted octanol–water partition coefficient (Wildman–Crippen LogP) is 0.289. The number of H-pyrrole nitrogens is 1. The van der Waals surface area contributed by atoms with Crippen molar-refractivity contribution in [3.05, 3.63) is 27.2 Å². The molecule has 3 rings (SSSR count). The van der Waals surface area contributed by atoms with E-state index in [2.05, 4.69) is 20.7 Å². The molecule has 0 aromatic carbocycles. The Morgan fingerprint density at radius 1 is 1.43 bits per heavy atom. The van der Waals surface area contributed by atoms with E-state index in [9.17, 15) is 9.59 Å². The standard InChI is InChI=1S/C16H23N5O2/c1-9-12(4-5-13(22)19-11-6-7-17-8-11)10(2)18-15-14(9)16(23)20-21(15)3/h11,17H,4-8H2,1-3H3,(H,19,22)(H,20,23). The highest BCUT2D eigenvalue weighted by atomic mass is 16.1. The molecule has 1 atom stereocenters. The minimum atomic E-state index is -0.129. The van der Waals surface area contributed by atoms with E-state index in [1.54, 1.807) is 11.7 Å². The smallest absolute Gasteiger partial charge is 0.273 e. The van der Waals surface area contributed by atoms with Crippen LogP contribution in [0.3, 0.4) is 0 Å². The Hall–Kier alpha value is -2.15. The van der Waals surface area contributed by atoms with Crippen LogP contribution in [0.15, 0.2) is 4.79 Å². The fourth-order valence-electron chi connectivity index (χ4n) is 3.33. The van der Waals surface area contributed by atoms with Gasteiger partial charge in [0.1, 0.15) is 0 Å². The topological polar surface area (TPSA) is 91.8 Å². The fourth-order valence-corrected chi connectivity index (χ4v) is 3.33. The van der Waals surface area contributed by atoms with Crippen LogP contribution >= 0.6 is 0 Å². The molecule has 0 spiro atoms. The van der Waals surface area contributed by atoms with Crippen molar-refractivity contribution in [1.29, 1.82) is 0 Å². The number of carbonyl (C=O) groups is 1. The predicted molar refractivity (Wildman–Crippen MR) is 88.5 cm³/mol. The van der Waals surface area contributed by atoms with Gasteiger partial charge in [0.05, 0.1) is 5.39 Å². The third-order valence-electron chi connectivity index (χ3n) is 4.60. The zero-order valence-electron chi connectivity index (χ0n) is 13.8. The molecule has 1 aliphatic heterocycles. The quantitative estimate of drug-likeness (QED) is 0.756. The SMILES string of the molecule is Cc1nc2c(c(C)c1CCC(=O)NC1CCNC1)c(=O)[nH]n2C. The molecule has 0 bridgehead atoms. The van der Waals surface area contributed by atoms with Gasteiger partial charge in [-0.05, 0) is 44.4 Å². The molecule has 2 aromatic rings. The first-order valence-corrected chi connectivity index (χ1v) is 8.02. The highest BCUT2D eigenvalue weighted by Gasteiger charge is 2.18. The molecular weight excluding hydrogens is 294 g/mol. The number of aromatic nitrogens is 3. The van der Waals surface area contributed by atoms with Gasteiger partial charge in [0, 0.05) is 31.7 Å². The van der Waals surface area contributed by atoms with Gasteiger partial charge in [0.15, 0.2) is 5.65 Å². The van der Waals surface area contributed by atoms with E-state index < -0.39 is 0 Å². The van der Waals surface area contributed by atoms with Gasteiger partial charge in [-0.25, -0.2) is 4.98 Å². The number of hydrogen-bond donors (Lipinski definition) is 3. The molecule has 23 heavy (non-hydrogen) atoms. The molecule has 7 heteroatoms. The number of aromatic amines is 1. The molecule has 0 saturated carbocycles. The monoisotopic (exact) mass is 317 g/mol. The molecule has 1 fully saturated rings. The summed E-state index contributed by atoms with van der Waals surface area (Å²) in [6, 6.07) is 0.238. The van der Waals surface area contributed by atoms with Crippen LogP contribution in [0.25, 0.3) is 11.0 Å². The van der Waals surface area contributed by atoms with Crippen molar-refractivity contribution < 1.29 is 4.79 Å². The third-order valence-corrected chi connectivity index (χ3v) is 4.60. The molecule has 1 aliphatic rings. The van der Waals surface area contributed by atoms with Gasteiger partial charge in [-0.1, -0.05) is 0 Å². The van der Waals surface area contributed by atoms with E-state index >= 15 is 0 Å². The molecule has 3 N–H and O–H groups in total. The minimum Gasteiger partial charge on any atom is -0.352 e. The van der Waals surface area contributed by atoms with Crippen LogP contribution in [0, 0.1) is 13.8 Å². The van der Waals surface area contributed by atoms with Crippen molar-refractivity contribution in [3.8, 4) is 0 Å². The van der Waals surface area contributed by atoms with E-state index in [1.165, 1.54) is 0 Å². The number of hydrogen-bond acceptors (Lipinski definition) is 4. The summed E-state index contributed by atoms with van der Waals surface area (Å²) in [6.07, 6.45) is 1.99. The second-order valence-electron chi connectivity index (χ2n) is 6.26. The number of nitrogens with zero attached hydrogens (tertiary/aromatic N) is 2. The summed E-state index contributed by atoms with van der Waals surface area (Å²) >= 11 is 0. The van der Waals surface area contributed by atoms with E-state index in [0.717, 1.165) is 36.3 Å². The molecule has 0 radical (unpaired) electrons. The van der Waals surface area contributed by atoms with Crippen LogP contribution in [0.5, 0.6) is 0 Å². The third kappa shape index (κ3) is 3.01. The molecule has 7 nitrogen and oxygen atoms in total. The average Bonchev–Trinajstić information content (AvgIpc) is 3.07. The first-order chi connectivity index (χ1) is 11.0. The van der Waals surface area contributed by atoms with Gasteiger partial charge in [-0.2, -0.15) is 0 Å². The summed E-state index contributed by atoms with van der Waals surface area (Å²) in [5, 5.41) is 9.64. The first kappa shape index (κ1) is 15.7. The van der Waals surface area contributed by atoms with Gasteiger partial charge in [-0.3, -0.25) is 19.4 Å². The maximum atomic E-state index is 12.1. The molecule has 1 unspecified atom stereocenters. The summed E-state index contributed by atoms with van der Waals surface area (Å²) in [7, 11) is 1.78. The van der Waals surface area contributed by atoms with E-state index in [1.807, 2.05) is 13.8 Å². The second-order valence-corrected chi connectivity index (χ2v) is 6.26. The van der Waals surface area contributed by atoms with Crippen LogP contribution in [-0.2, 0) is 18.3 Å². The zero-order valence-corrected chi connectivity index (χ0v) is 13.8. The van der Waals surface area contributed by atoms with Gasteiger partial charge in [0.25, 0.3) is 5.56 Å². The molecular formula is C16H23N5O2. The summed E-state index contributed by atoms with van der Waals surface area (Å²) in [5.41, 5.74) is 3.32. The Balaban J connectivity index is 1.78. The largest absolute Gasteiger partial charge is 0.352 e. The number of nitrogens with one attached hydrogen (secondary N) is 3. The van der Waals surface area contributed by atoms with Crippen LogP contribution in [0.2, 0.25) is 0 Å². The van der Waals surface area contributed by atoms with Gasteiger partial charge in [-0.15, -0.1) is 0 Å². The van der Waals surface area contributed by atoms with Crippen LogP contribution in [0.1, 0.15) is 29.7 Å². The highest BCUT2D eigenvalue weighted by Crippen LogP contribution is 2.21. The fraction of sp³-hybridized carbons (Fsp3) is 0.562. The number of carbonyl (C=O) groups excluding carboxylic acids is 1. The molecule has 3 heterocycles. The van der Waals surface area contributed by atoms with Crippen molar-refractivity contribution in [2.75, 3.05) is 13.1 Å². The number of rotatable bonds is 4. The summed E-state index contributed by atoms with van der Waals surface area (Å²) in [5.74, 6) is 0.0552. The number of amides is 1. The normalized spacial score (nSPS) is 17.8. The molecule has 2 aromatic heterocycles. The summed E-state index contributed by atoms with van der Waals surface area (Å²) < 4.78 is 1.64. The average molecular weight is 317 g/mol. The molecule has 1 saturated heterocycles. The molecule has 124 valence electrons. The van der Waals surface area contributed by atoms with E-state index in [-0.39, 0.29) is 17.5 Å². The summed E-state index contributed by atoms with van der Waals surface area (Å²) in [4.78, 5) is 28.7. The Morgan fingerprint density at radius 2 is 2.22 bits per heavy atom. The van der Waals surface area contributed by atoms with Crippen LogP contribution in [0.4, 0.5) is 0 Å². The lowest BCUT2D eigenvalue weighted by atomic mass is 10.00.